The summed E-state index contributed by atoms with van der Waals surface area (Å²) in [5.74, 6) is 0. The lowest BCUT2D eigenvalue weighted by Crippen LogP contribution is -2.24. The standard InChI is InChI=1S/C38H30N2/c1-37(2)29-21-23(31-13-7-9-19-39-31)15-17-27(29)33-25-11-5-6-12-26(25)34-28-18-16-24(32-14-8-10-20-40-32)22-30(28)38(3,4)36(34)35(33)37/h5-22H,1-4H3. The Morgan fingerprint density at radius 2 is 0.900 bits per heavy atom. The number of pyridine rings is 2. The second-order valence-electron chi connectivity index (χ2n) is 12.2. The lowest BCUT2D eigenvalue weighted by Gasteiger charge is -2.31. The minimum atomic E-state index is -0.160. The van der Waals surface area contributed by atoms with Gasteiger partial charge in [0.25, 0.3) is 0 Å². The summed E-state index contributed by atoms with van der Waals surface area (Å²) in [6, 6.07) is 35.2. The monoisotopic (exact) mass is 514 g/mol. The number of nitrogens with zero attached hydrogens (tertiary/aromatic N) is 2. The average Bonchev–Trinajstić information content (AvgIpc) is 3.37. The van der Waals surface area contributed by atoms with Crippen LogP contribution in [0.1, 0.15) is 49.9 Å². The van der Waals surface area contributed by atoms with Crippen molar-refractivity contribution in [3.63, 3.8) is 0 Å². The normalized spacial score (nSPS) is 15.4. The number of fused-ring (bicyclic) bond motifs is 10. The Labute approximate surface area is 235 Å². The van der Waals surface area contributed by atoms with Gasteiger partial charge in [0.15, 0.2) is 0 Å². The summed E-state index contributed by atoms with van der Waals surface area (Å²) in [5, 5.41) is 2.68. The fourth-order valence-corrected chi connectivity index (χ4v) is 7.46. The largest absolute Gasteiger partial charge is 0.256 e. The fourth-order valence-electron chi connectivity index (χ4n) is 7.46. The third-order valence-corrected chi connectivity index (χ3v) is 9.31. The summed E-state index contributed by atoms with van der Waals surface area (Å²) in [6.07, 6.45) is 3.75. The van der Waals surface area contributed by atoms with Gasteiger partial charge >= 0.3 is 0 Å². The number of hydrogen-bond donors (Lipinski definition) is 0. The number of rotatable bonds is 2. The van der Waals surface area contributed by atoms with E-state index >= 15 is 0 Å². The molecule has 6 aromatic rings. The lowest BCUT2D eigenvalue weighted by atomic mass is 9.71. The zero-order chi connectivity index (χ0) is 27.2. The first-order valence-electron chi connectivity index (χ1n) is 14.1. The molecule has 192 valence electrons. The molecular weight excluding hydrogens is 484 g/mol. The van der Waals surface area contributed by atoms with Crippen LogP contribution < -0.4 is 0 Å². The second-order valence-corrected chi connectivity index (χ2v) is 12.2. The van der Waals surface area contributed by atoms with E-state index in [0.29, 0.717) is 0 Å². The van der Waals surface area contributed by atoms with Crippen molar-refractivity contribution >= 4 is 10.8 Å². The van der Waals surface area contributed by atoms with Crippen LogP contribution in [0.25, 0.3) is 55.5 Å². The molecule has 0 fully saturated rings. The molecule has 0 saturated carbocycles. The molecule has 4 aromatic carbocycles. The summed E-state index contributed by atoms with van der Waals surface area (Å²) in [7, 11) is 0. The highest BCUT2D eigenvalue weighted by Crippen LogP contribution is 2.62. The zero-order valence-corrected chi connectivity index (χ0v) is 23.3. The number of aromatic nitrogens is 2. The molecule has 2 nitrogen and oxygen atoms in total. The van der Waals surface area contributed by atoms with Gasteiger partial charge in [0, 0.05) is 34.4 Å². The Morgan fingerprint density at radius 3 is 1.30 bits per heavy atom. The number of benzene rings is 4. The van der Waals surface area contributed by atoms with Gasteiger partial charge in [-0.05, 0) is 91.7 Å². The molecule has 8 rings (SSSR count). The van der Waals surface area contributed by atoms with Crippen molar-refractivity contribution in [3.8, 4) is 44.8 Å². The maximum absolute atomic E-state index is 4.66. The molecule has 0 N–H and O–H groups in total. The predicted octanol–water partition coefficient (Wildman–Crippen LogP) is 9.58. The molecule has 2 heterocycles. The van der Waals surface area contributed by atoms with Gasteiger partial charge in [-0.2, -0.15) is 0 Å². The summed E-state index contributed by atoms with van der Waals surface area (Å²) in [6.45, 7) is 9.64. The van der Waals surface area contributed by atoms with E-state index in [4.69, 9.17) is 0 Å². The first-order chi connectivity index (χ1) is 19.4. The predicted molar refractivity (Wildman–Crippen MR) is 166 cm³/mol. The SMILES string of the molecule is CC1(C)c2cc(-c3ccccn3)ccc2-c2c1c1c(c3ccccc23)-c2ccc(-c3ccccn3)cc2C1(C)C. The van der Waals surface area contributed by atoms with Crippen molar-refractivity contribution in [1.29, 1.82) is 0 Å². The van der Waals surface area contributed by atoms with Gasteiger partial charge in [-0.15, -0.1) is 0 Å². The third kappa shape index (κ3) is 2.99. The Hall–Kier alpha value is -4.56. The topological polar surface area (TPSA) is 25.8 Å². The summed E-state index contributed by atoms with van der Waals surface area (Å²) in [4.78, 5) is 9.31. The summed E-state index contributed by atoms with van der Waals surface area (Å²) < 4.78 is 0. The number of hydrogen-bond acceptors (Lipinski definition) is 2. The molecule has 0 atom stereocenters. The molecule has 0 amide bonds. The van der Waals surface area contributed by atoms with Gasteiger partial charge < -0.3 is 0 Å². The van der Waals surface area contributed by atoms with E-state index in [-0.39, 0.29) is 10.8 Å². The van der Waals surface area contributed by atoms with E-state index < -0.39 is 0 Å². The van der Waals surface area contributed by atoms with Crippen LogP contribution in [0, 0.1) is 0 Å². The molecule has 0 unspecified atom stereocenters. The molecule has 0 radical (unpaired) electrons. The highest BCUT2D eigenvalue weighted by molar-refractivity contribution is 6.13. The van der Waals surface area contributed by atoms with Crippen molar-refractivity contribution in [3.05, 3.63) is 132 Å². The van der Waals surface area contributed by atoms with Crippen LogP contribution in [0.2, 0.25) is 0 Å². The molecule has 40 heavy (non-hydrogen) atoms. The Kier molecular flexibility index (Phi) is 4.66. The van der Waals surface area contributed by atoms with Crippen molar-refractivity contribution < 1.29 is 0 Å². The maximum Gasteiger partial charge on any atom is 0.0702 e. The van der Waals surface area contributed by atoms with E-state index in [0.717, 1.165) is 11.4 Å². The van der Waals surface area contributed by atoms with Crippen LogP contribution in [0.4, 0.5) is 0 Å². The van der Waals surface area contributed by atoms with E-state index in [1.54, 1.807) is 0 Å². The molecule has 0 aliphatic heterocycles. The highest BCUT2D eigenvalue weighted by atomic mass is 14.7. The minimum absolute atomic E-state index is 0.160. The van der Waals surface area contributed by atoms with Crippen LogP contribution in [-0.4, -0.2) is 9.97 Å². The first kappa shape index (κ1) is 23.3. The highest BCUT2D eigenvalue weighted by Gasteiger charge is 2.47. The van der Waals surface area contributed by atoms with E-state index in [1.165, 1.54) is 66.4 Å². The maximum atomic E-state index is 4.66. The Bertz CT molecular complexity index is 1840. The quantitative estimate of drug-likeness (QED) is 0.230. The van der Waals surface area contributed by atoms with Gasteiger partial charge in [-0.3, -0.25) is 9.97 Å². The van der Waals surface area contributed by atoms with Crippen molar-refractivity contribution in [2.24, 2.45) is 0 Å². The minimum Gasteiger partial charge on any atom is -0.256 e. The summed E-state index contributed by atoms with van der Waals surface area (Å²) in [5.41, 5.74) is 15.2. The Morgan fingerprint density at radius 1 is 0.475 bits per heavy atom. The van der Waals surface area contributed by atoms with Crippen LogP contribution in [-0.2, 0) is 10.8 Å². The molecule has 0 saturated heterocycles. The molecule has 2 heteroatoms. The molecule has 2 aliphatic rings. The third-order valence-electron chi connectivity index (χ3n) is 9.31. The van der Waals surface area contributed by atoms with Crippen LogP contribution in [0.5, 0.6) is 0 Å². The lowest BCUT2D eigenvalue weighted by molar-refractivity contribution is 0.602. The smallest absolute Gasteiger partial charge is 0.0702 e. The summed E-state index contributed by atoms with van der Waals surface area (Å²) >= 11 is 0. The molecule has 2 aliphatic carbocycles. The van der Waals surface area contributed by atoms with Crippen molar-refractivity contribution in [2.45, 2.75) is 38.5 Å². The molecule has 0 bridgehead atoms. The van der Waals surface area contributed by atoms with Gasteiger partial charge in [-0.1, -0.05) is 88.4 Å². The van der Waals surface area contributed by atoms with Gasteiger partial charge in [0.05, 0.1) is 11.4 Å². The van der Waals surface area contributed by atoms with Crippen LogP contribution >= 0.6 is 0 Å². The fraction of sp³-hybridized carbons (Fsp3) is 0.158. The van der Waals surface area contributed by atoms with E-state index in [2.05, 4.69) is 123 Å². The van der Waals surface area contributed by atoms with Crippen molar-refractivity contribution in [2.75, 3.05) is 0 Å². The van der Waals surface area contributed by atoms with Gasteiger partial charge in [-0.25, -0.2) is 0 Å². The van der Waals surface area contributed by atoms with Crippen LogP contribution in [0.3, 0.4) is 0 Å². The van der Waals surface area contributed by atoms with E-state index in [1.807, 2.05) is 24.5 Å². The molecule has 0 spiro atoms. The second kappa shape index (κ2) is 7.99. The molecular formula is C38H30N2. The Balaban J connectivity index is 1.43. The van der Waals surface area contributed by atoms with Gasteiger partial charge in [0.2, 0.25) is 0 Å². The molecule has 2 aromatic heterocycles. The average molecular weight is 515 g/mol. The van der Waals surface area contributed by atoms with Crippen molar-refractivity contribution in [1.82, 2.24) is 9.97 Å². The van der Waals surface area contributed by atoms with Crippen LogP contribution in [0.15, 0.2) is 109 Å². The first-order valence-corrected chi connectivity index (χ1v) is 14.1. The van der Waals surface area contributed by atoms with Gasteiger partial charge in [0.1, 0.15) is 0 Å². The van der Waals surface area contributed by atoms with E-state index in [9.17, 15) is 0 Å². The zero-order valence-electron chi connectivity index (χ0n) is 23.3.